The molecule has 1 rings (SSSR count). The quantitative estimate of drug-likeness (QED) is 0.781. The summed E-state index contributed by atoms with van der Waals surface area (Å²) in [6.45, 7) is 9.80. The fraction of sp³-hybridized carbons (Fsp3) is 0.800. The number of nitrogens with one attached hydrogen (secondary N) is 1. The molecular formula is C10H19N3O2. The monoisotopic (exact) mass is 213 g/mol. The number of aromatic nitrogens is 2. The van der Waals surface area contributed by atoms with E-state index in [2.05, 4.69) is 20.3 Å². The molecule has 0 unspecified atom stereocenters. The van der Waals surface area contributed by atoms with Gasteiger partial charge < -0.3 is 10.4 Å². The highest BCUT2D eigenvalue weighted by atomic mass is 16.6. The molecule has 86 valence electrons. The number of aryl methyl sites for hydroxylation is 1. The first kappa shape index (κ1) is 12.1. The van der Waals surface area contributed by atoms with Crippen LogP contribution in [0.25, 0.3) is 0 Å². The zero-order valence-electron chi connectivity index (χ0n) is 9.96. The molecule has 0 aliphatic carbocycles. The van der Waals surface area contributed by atoms with Gasteiger partial charge in [-0.05, 0) is 34.6 Å². The fourth-order valence-electron chi connectivity index (χ4n) is 0.931. The molecule has 1 aromatic rings. The number of hydrogen-bond donors (Lipinski definition) is 2. The summed E-state index contributed by atoms with van der Waals surface area (Å²) in [6.07, 6.45) is 0. The average Bonchev–Trinajstić information content (AvgIpc) is 2.46. The van der Waals surface area contributed by atoms with Gasteiger partial charge in [0, 0.05) is 12.1 Å². The molecule has 0 bridgehead atoms. The molecule has 5 heteroatoms. The third-order valence-electron chi connectivity index (χ3n) is 2.97. The second-order valence-electron chi connectivity index (χ2n) is 4.83. The number of hydrogen-bond acceptors (Lipinski definition) is 5. The highest BCUT2D eigenvalue weighted by Gasteiger charge is 2.34. The van der Waals surface area contributed by atoms with E-state index in [0.717, 1.165) is 11.4 Å². The molecule has 1 heterocycles. The van der Waals surface area contributed by atoms with E-state index >= 15 is 0 Å². The smallest absolute Gasteiger partial charge is 0.121 e. The molecule has 0 radical (unpaired) electrons. The SMILES string of the molecule is Cc1nonc1CNC(C)(C)C(C)(C)O. The van der Waals surface area contributed by atoms with E-state index in [4.69, 9.17) is 0 Å². The Kier molecular flexibility index (Phi) is 3.16. The van der Waals surface area contributed by atoms with Gasteiger partial charge in [0.1, 0.15) is 11.4 Å². The zero-order valence-corrected chi connectivity index (χ0v) is 9.96. The molecule has 15 heavy (non-hydrogen) atoms. The summed E-state index contributed by atoms with van der Waals surface area (Å²) in [4.78, 5) is 0. The Balaban J connectivity index is 2.61. The molecule has 2 N–H and O–H groups in total. The van der Waals surface area contributed by atoms with Crippen molar-refractivity contribution in [1.29, 1.82) is 0 Å². The largest absolute Gasteiger partial charge is 0.389 e. The maximum atomic E-state index is 9.92. The van der Waals surface area contributed by atoms with E-state index in [1.165, 1.54) is 0 Å². The van der Waals surface area contributed by atoms with Crippen molar-refractivity contribution in [3.63, 3.8) is 0 Å². The predicted molar refractivity (Wildman–Crippen MR) is 56.3 cm³/mol. The van der Waals surface area contributed by atoms with Gasteiger partial charge in [-0.2, -0.15) is 0 Å². The first-order valence-electron chi connectivity index (χ1n) is 4.99. The van der Waals surface area contributed by atoms with Crippen molar-refractivity contribution in [1.82, 2.24) is 15.6 Å². The minimum Gasteiger partial charge on any atom is -0.389 e. The van der Waals surface area contributed by atoms with Gasteiger partial charge in [0.2, 0.25) is 0 Å². The predicted octanol–water partition coefficient (Wildman–Crippen LogP) is 1.02. The van der Waals surface area contributed by atoms with Crippen molar-refractivity contribution in [3.8, 4) is 0 Å². The van der Waals surface area contributed by atoms with Crippen LogP contribution in [0.1, 0.15) is 39.1 Å². The van der Waals surface area contributed by atoms with Crippen LogP contribution in [0, 0.1) is 6.92 Å². The van der Waals surface area contributed by atoms with E-state index in [9.17, 15) is 5.11 Å². The molecular weight excluding hydrogens is 194 g/mol. The van der Waals surface area contributed by atoms with Crippen molar-refractivity contribution < 1.29 is 9.74 Å². The second-order valence-corrected chi connectivity index (χ2v) is 4.83. The Morgan fingerprint density at radius 2 is 1.87 bits per heavy atom. The summed E-state index contributed by atoms with van der Waals surface area (Å²) in [5, 5.41) is 20.6. The Bertz CT molecular complexity index is 326. The van der Waals surface area contributed by atoms with E-state index in [1.54, 1.807) is 13.8 Å². The Hall–Kier alpha value is -0.940. The van der Waals surface area contributed by atoms with Gasteiger partial charge in [-0.1, -0.05) is 10.3 Å². The average molecular weight is 213 g/mol. The summed E-state index contributed by atoms with van der Waals surface area (Å²) in [5.41, 5.74) is 0.331. The van der Waals surface area contributed by atoms with E-state index < -0.39 is 11.1 Å². The van der Waals surface area contributed by atoms with Crippen LogP contribution < -0.4 is 5.32 Å². The van der Waals surface area contributed by atoms with Crippen LogP contribution >= 0.6 is 0 Å². The van der Waals surface area contributed by atoms with Crippen LogP contribution in [0.5, 0.6) is 0 Å². The van der Waals surface area contributed by atoms with Crippen LogP contribution in [-0.2, 0) is 6.54 Å². The number of nitrogens with zero attached hydrogens (tertiary/aromatic N) is 2. The lowest BCUT2D eigenvalue weighted by Gasteiger charge is -2.38. The highest BCUT2D eigenvalue weighted by Crippen LogP contribution is 2.20. The van der Waals surface area contributed by atoms with Crippen LogP contribution in [0.2, 0.25) is 0 Å². The molecule has 0 spiro atoms. The maximum Gasteiger partial charge on any atom is 0.121 e. The van der Waals surface area contributed by atoms with Crippen molar-refractivity contribution in [2.24, 2.45) is 0 Å². The molecule has 0 aliphatic rings. The molecule has 1 aromatic heterocycles. The Morgan fingerprint density at radius 1 is 1.27 bits per heavy atom. The van der Waals surface area contributed by atoms with Gasteiger partial charge in [-0.25, -0.2) is 4.63 Å². The van der Waals surface area contributed by atoms with Crippen molar-refractivity contribution in [2.45, 2.75) is 52.3 Å². The van der Waals surface area contributed by atoms with Gasteiger partial charge in [0.05, 0.1) is 5.60 Å². The fourth-order valence-corrected chi connectivity index (χ4v) is 0.931. The summed E-state index contributed by atoms with van der Waals surface area (Å²) < 4.78 is 4.59. The molecule has 5 nitrogen and oxygen atoms in total. The minimum atomic E-state index is -0.807. The van der Waals surface area contributed by atoms with E-state index in [0.29, 0.717) is 6.54 Å². The molecule has 0 aromatic carbocycles. The van der Waals surface area contributed by atoms with Gasteiger partial charge >= 0.3 is 0 Å². The third-order valence-corrected chi connectivity index (χ3v) is 2.97. The van der Waals surface area contributed by atoms with Gasteiger partial charge in [-0.15, -0.1) is 0 Å². The summed E-state index contributed by atoms with van der Waals surface area (Å²) in [6, 6.07) is 0. The normalized spacial score (nSPS) is 13.2. The van der Waals surface area contributed by atoms with Gasteiger partial charge in [0.25, 0.3) is 0 Å². The highest BCUT2D eigenvalue weighted by molar-refractivity contribution is 5.05. The molecule has 0 fully saturated rings. The Morgan fingerprint density at radius 3 is 2.27 bits per heavy atom. The van der Waals surface area contributed by atoms with E-state index in [1.807, 2.05) is 20.8 Å². The molecule has 0 amide bonds. The van der Waals surface area contributed by atoms with Crippen LogP contribution in [0.4, 0.5) is 0 Å². The van der Waals surface area contributed by atoms with E-state index in [-0.39, 0.29) is 0 Å². The van der Waals surface area contributed by atoms with Gasteiger partial charge in [-0.3, -0.25) is 0 Å². The van der Waals surface area contributed by atoms with Crippen LogP contribution in [-0.4, -0.2) is 26.6 Å². The van der Waals surface area contributed by atoms with Crippen molar-refractivity contribution >= 4 is 0 Å². The Labute approximate surface area is 89.8 Å². The lowest BCUT2D eigenvalue weighted by Crippen LogP contribution is -2.55. The molecule has 0 saturated carbocycles. The summed E-state index contributed by atoms with van der Waals surface area (Å²) in [5.74, 6) is 0. The first-order valence-corrected chi connectivity index (χ1v) is 4.99. The molecule has 0 aliphatic heterocycles. The third kappa shape index (κ3) is 2.76. The number of aliphatic hydroxyl groups is 1. The minimum absolute atomic E-state index is 0.404. The molecule has 0 saturated heterocycles. The standard InChI is InChI=1S/C10H19N3O2/c1-7-8(13-15-12-7)6-11-9(2,3)10(4,5)14/h11,14H,6H2,1-5H3. The zero-order chi connectivity index (χ0) is 11.7. The number of rotatable bonds is 4. The lowest BCUT2D eigenvalue weighted by atomic mass is 9.86. The molecule has 0 atom stereocenters. The van der Waals surface area contributed by atoms with Crippen molar-refractivity contribution in [3.05, 3.63) is 11.4 Å². The maximum absolute atomic E-state index is 9.92. The summed E-state index contributed by atoms with van der Waals surface area (Å²) >= 11 is 0. The van der Waals surface area contributed by atoms with Crippen molar-refractivity contribution in [2.75, 3.05) is 0 Å². The van der Waals surface area contributed by atoms with Gasteiger partial charge in [0.15, 0.2) is 0 Å². The van der Waals surface area contributed by atoms with Crippen LogP contribution in [0.15, 0.2) is 4.63 Å². The lowest BCUT2D eigenvalue weighted by molar-refractivity contribution is -0.00557. The first-order chi connectivity index (χ1) is 6.74. The van der Waals surface area contributed by atoms with Crippen LogP contribution in [0.3, 0.4) is 0 Å². The second kappa shape index (κ2) is 3.90. The summed E-state index contributed by atoms with van der Waals surface area (Å²) in [7, 11) is 0. The topological polar surface area (TPSA) is 71.2 Å².